The fraction of sp³-hybridized carbons (Fsp3) is 0.381. The van der Waals surface area contributed by atoms with E-state index in [9.17, 15) is 9.59 Å². The fourth-order valence-corrected chi connectivity index (χ4v) is 5.08. The SMILES string of the molecule is O=C(O)/C=C1/SC(=NC2CCCCC2)N(CCc2c[nH]c3ccc(Cl)cc23)C1=O. The predicted molar refractivity (Wildman–Crippen MR) is 116 cm³/mol. The van der Waals surface area contributed by atoms with Crippen LogP contribution in [0.15, 0.2) is 40.4 Å². The highest BCUT2D eigenvalue weighted by Gasteiger charge is 2.34. The standard InChI is InChI=1S/C21H22ClN3O3S/c22-14-6-7-17-16(10-14)13(12-23-17)8-9-25-20(28)18(11-19(26)27)29-21(25)24-15-4-2-1-3-5-15/h6-7,10-12,15,23H,1-5,8-9H2,(H,26,27)/b18-11+,24-21?. The van der Waals surface area contributed by atoms with Crippen LogP contribution in [0.25, 0.3) is 10.9 Å². The molecule has 0 unspecified atom stereocenters. The molecule has 0 atom stereocenters. The third-order valence-corrected chi connectivity index (χ3v) is 6.60. The number of hydrogen-bond acceptors (Lipinski definition) is 4. The largest absolute Gasteiger partial charge is 0.478 e. The average Bonchev–Trinajstić information content (AvgIpc) is 3.21. The minimum absolute atomic E-state index is 0.206. The summed E-state index contributed by atoms with van der Waals surface area (Å²) in [4.78, 5) is 33.8. The molecule has 1 aromatic carbocycles. The van der Waals surface area contributed by atoms with E-state index in [1.165, 1.54) is 18.2 Å². The third kappa shape index (κ3) is 4.51. The first-order valence-electron chi connectivity index (χ1n) is 9.79. The summed E-state index contributed by atoms with van der Waals surface area (Å²) in [5, 5.41) is 11.4. The summed E-state index contributed by atoms with van der Waals surface area (Å²) in [5.41, 5.74) is 2.06. The zero-order valence-electron chi connectivity index (χ0n) is 15.9. The summed E-state index contributed by atoms with van der Waals surface area (Å²) < 4.78 is 0. The molecule has 2 aliphatic rings. The van der Waals surface area contributed by atoms with Gasteiger partial charge in [-0.25, -0.2) is 4.79 Å². The zero-order chi connectivity index (χ0) is 20.4. The van der Waals surface area contributed by atoms with Gasteiger partial charge < -0.3 is 10.1 Å². The summed E-state index contributed by atoms with van der Waals surface area (Å²) in [7, 11) is 0. The second-order valence-corrected chi connectivity index (χ2v) is 8.81. The highest BCUT2D eigenvalue weighted by molar-refractivity contribution is 8.18. The van der Waals surface area contributed by atoms with Crippen LogP contribution in [0.5, 0.6) is 0 Å². The predicted octanol–water partition coefficient (Wildman–Crippen LogP) is 4.60. The Morgan fingerprint density at radius 2 is 2.14 bits per heavy atom. The van der Waals surface area contributed by atoms with Gasteiger partial charge in [0.25, 0.3) is 5.91 Å². The number of carbonyl (C=O) groups excluding carboxylic acids is 1. The van der Waals surface area contributed by atoms with Crippen LogP contribution >= 0.6 is 23.4 Å². The van der Waals surface area contributed by atoms with Crippen molar-refractivity contribution in [3.05, 3.63) is 46.0 Å². The molecule has 6 nitrogen and oxygen atoms in total. The van der Waals surface area contributed by atoms with Crippen LogP contribution in [0.2, 0.25) is 5.02 Å². The molecule has 8 heteroatoms. The van der Waals surface area contributed by atoms with Gasteiger partial charge in [-0.05, 0) is 54.8 Å². The highest BCUT2D eigenvalue weighted by Crippen LogP contribution is 2.33. The second kappa shape index (κ2) is 8.63. The Morgan fingerprint density at radius 1 is 1.34 bits per heavy atom. The molecule has 2 heterocycles. The lowest BCUT2D eigenvalue weighted by atomic mass is 9.96. The van der Waals surface area contributed by atoms with Gasteiger partial charge in [-0.2, -0.15) is 0 Å². The van der Waals surface area contributed by atoms with E-state index in [1.54, 1.807) is 4.90 Å². The number of halogens is 1. The Labute approximate surface area is 178 Å². The number of nitrogens with zero attached hydrogens (tertiary/aromatic N) is 2. The summed E-state index contributed by atoms with van der Waals surface area (Å²) in [6.45, 7) is 0.438. The van der Waals surface area contributed by atoms with Crippen LogP contribution in [-0.2, 0) is 16.0 Å². The van der Waals surface area contributed by atoms with E-state index in [4.69, 9.17) is 21.7 Å². The maximum atomic E-state index is 12.8. The number of amides is 1. The maximum Gasteiger partial charge on any atom is 0.329 e. The van der Waals surface area contributed by atoms with Crippen molar-refractivity contribution in [1.82, 2.24) is 9.88 Å². The molecule has 0 radical (unpaired) electrons. The van der Waals surface area contributed by atoms with Gasteiger partial charge in [0.15, 0.2) is 5.17 Å². The van der Waals surface area contributed by atoms with Crippen LogP contribution < -0.4 is 0 Å². The Bertz CT molecular complexity index is 1010. The minimum atomic E-state index is -1.12. The van der Waals surface area contributed by atoms with E-state index >= 15 is 0 Å². The Hall–Kier alpha value is -2.25. The van der Waals surface area contributed by atoms with E-state index < -0.39 is 5.97 Å². The number of fused-ring (bicyclic) bond motifs is 1. The number of aromatic nitrogens is 1. The lowest BCUT2D eigenvalue weighted by Crippen LogP contribution is -2.32. The van der Waals surface area contributed by atoms with E-state index in [0.29, 0.717) is 23.2 Å². The van der Waals surface area contributed by atoms with Gasteiger partial charge in [0.05, 0.1) is 10.9 Å². The monoisotopic (exact) mass is 431 g/mol. The Kier molecular flexibility index (Phi) is 5.96. The summed E-state index contributed by atoms with van der Waals surface area (Å²) >= 11 is 7.30. The molecule has 4 rings (SSSR count). The quantitative estimate of drug-likeness (QED) is 0.677. The molecule has 1 aromatic heterocycles. The van der Waals surface area contributed by atoms with E-state index in [1.807, 2.05) is 24.4 Å². The van der Waals surface area contributed by atoms with E-state index in [0.717, 1.165) is 48.2 Å². The number of aromatic amines is 1. The van der Waals surface area contributed by atoms with Gasteiger partial charge in [-0.1, -0.05) is 30.9 Å². The number of carbonyl (C=O) groups is 2. The fourth-order valence-electron chi connectivity index (χ4n) is 3.87. The number of benzene rings is 1. The second-order valence-electron chi connectivity index (χ2n) is 7.36. The van der Waals surface area contributed by atoms with Crippen LogP contribution in [0.1, 0.15) is 37.7 Å². The van der Waals surface area contributed by atoms with Crippen molar-refractivity contribution >= 4 is 51.3 Å². The first kappa shape index (κ1) is 20.0. The number of rotatable bonds is 5. The number of aliphatic carboxylic acids is 1. The number of carboxylic acid groups (broad SMARTS) is 1. The smallest absolute Gasteiger partial charge is 0.329 e. The molecule has 2 aromatic rings. The lowest BCUT2D eigenvalue weighted by molar-refractivity contribution is -0.132. The maximum absolute atomic E-state index is 12.8. The normalized spacial score (nSPS) is 21.0. The van der Waals surface area contributed by atoms with Gasteiger partial charge in [0.2, 0.25) is 0 Å². The van der Waals surface area contributed by atoms with Crippen molar-refractivity contribution in [3.63, 3.8) is 0 Å². The molecule has 2 fully saturated rings. The molecular weight excluding hydrogens is 410 g/mol. The van der Waals surface area contributed by atoms with E-state index in [2.05, 4.69) is 4.98 Å². The lowest BCUT2D eigenvalue weighted by Gasteiger charge is -2.21. The van der Waals surface area contributed by atoms with E-state index in [-0.39, 0.29) is 16.9 Å². The highest BCUT2D eigenvalue weighted by atomic mass is 35.5. The number of carboxylic acids is 1. The molecule has 1 saturated carbocycles. The first-order chi connectivity index (χ1) is 14.0. The Balaban J connectivity index is 1.57. The number of H-pyrrole nitrogens is 1. The van der Waals surface area contributed by atoms with Crippen molar-refractivity contribution in [2.75, 3.05) is 6.54 Å². The van der Waals surface area contributed by atoms with Crippen LogP contribution in [0.3, 0.4) is 0 Å². The molecule has 1 amide bonds. The molecule has 29 heavy (non-hydrogen) atoms. The Morgan fingerprint density at radius 3 is 2.90 bits per heavy atom. The van der Waals surface area contributed by atoms with Crippen molar-refractivity contribution in [2.45, 2.75) is 44.6 Å². The van der Waals surface area contributed by atoms with Crippen LogP contribution in [-0.4, -0.2) is 44.6 Å². The molecule has 1 saturated heterocycles. The number of thioether (sulfide) groups is 1. The van der Waals surface area contributed by atoms with Crippen molar-refractivity contribution < 1.29 is 14.7 Å². The van der Waals surface area contributed by atoms with Crippen molar-refractivity contribution in [3.8, 4) is 0 Å². The van der Waals surface area contributed by atoms with Gasteiger partial charge >= 0.3 is 5.97 Å². The number of hydrogen-bond donors (Lipinski definition) is 2. The third-order valence-electron chi connectivity index (χ3n) is 5.34. The van der Waals surface area contributed by atoms with Crippen LogP contribution in [0, 0.1) is 0 Å². The van der Waals surface area contributed by atoms with Crippen molar-refractivity contribution in [2.24, 2.45) is 4.99 Å². The minimum Gasteiger partial charge on any atom is -0.478 e. The number of nitrogens with one attached hydrogen (secondary N) is 1. The average molecular weight is 432 g/mol. The molecule has 1 aliphatic carbocycles. The number of aliphatic imine (C=N–C) groups is 1. The molecule has 0 spiro atoms. The molecule has 1 aliphatic heterocycles. The molecule has 0 bridgehead atoms. The molecule has 152 valence electrons. The summed E-state index contributed by atoms with van der Waals surface area (Å²) in [6.07, 6.45) is 9.09. The topological polar surface area (TPSA) is 85.8 Å². The first-order valence-corrected chi connectivity index (χ1v) is 11.0. The number of amidine groups is 1. The summed E-state index contributed by atoms with van der Waals surface area (Å²) in [5.74, 6) is -1.41. The van der Waals surface area contributed by atoms with Gasteiger partial charge in [-0.15, -0.1) is 0 Å². The van der Waals surface area contributed by atoms with Crippen molar-refractivity contribution in [1.29, 1.82) is 0 Å². The molecular formula is C21H22ClN3O3S. The van der Waals surface area contributed by atoms with Gasteiger partial charge in [0.1, 0.15) is 0 Å². The van der Waals surface area contributed by atoms with Gasteiger partial charge in [-0.3, -0.25) is 14.7 Å². The summed E-state index contributed by atoms with van der Waals surface area (Å²) in [6, 6.07) is 5.89. The van der Waals surface area contributed by atoms with Gasteiger partial charge in [0, 0.05) is 34.7 Å². The zero-order valence-corrected chi connectivity index (χ0v) is 17.4. The molecule has 2 N–H and O–H groups in total. The van der Waals surface area contributed by atoms with Crippen LogP contribution in [0.4, 0.5) is 0 Å².